The third kappa shape index (κ3) is 3.17. The Hall–Kier alpha value is -2.07. The monoisotopic (exact) mass is 346 g/mol. The summed E-state index contributed by atoms with van der Waals surface area (Å²) in [6.45, 7) is 1.21. The summed E-state index contributed by atoms with van der Waals surface area (Å²) in [5.41, 5.74) is -0.866. The molecule has 1 N–H and O–H groups in total. The Morgan fingerprint density at radius 1 is 1.43 bits per heavy atom. The quantitative estimate of drug-likeness (QED) is 0.653. The average Bonchev–Trinajstić information content (AvgIpc) is 2.46. The summed E-state index contributed by atoms with van der Waals surface area (Å²) in [5, 5.41) is 20.1. The van der Waals surface area contributed by atoms with Crippen molar-refractivity contribution in [3.05, 3.63) is 34.1 Å². The van der Waals surface area contributed by atoms with Crippen molar-refractivity contribution in [2.75, 3.05) is 6.54 Å². The number of piperidine rings is 1. The molecule has 2 atom stereocenters. The topological polar surface area (TPSA) is 118 Å². The molecule has 0 bridgehead atoms. The number of carbonyl (C=O) groups is 1. The minimum Gasteiger partial charge on any atom is -0.481 e. The number of aliphatic carboxylic acids is 1. The second-order valence-corrected chi connectivity index (χ2v) is 7.21. The van der Waals surface area contributed by atoms with E-state index >= 15 is 0 Å². The van der Waals surface area contributed by atoms with Gasteiger partial charge in [-0.1, -0.05) is 6.07 Å². The van der Waals surface area contributed by atoms with Gasteiger partial charge in [0.1, 0.15) is 5.82 Å². The molecule has 23 heavy (non-hydrogen) atoms. The van der Waals surface area contributed by atoms with Crippen LogP contribution in [0.15, 0.2) is 23.1 Å². The van der Waals surface area contributed by atoms with Crippen LogP contribution in [-0.4, -0.2) is 41.3 Å². The molecule has 1 saturated heterocycles. The van der Waals surface area contributed by atoms with Gasteiger partial charge < -0.3 is 5.11 Å². The van der Waals surface area contributed by atoms with Gasteiger partial charge in [-0.25, -0.2) is 12.8 Å². The van der Waals surface area contributed by atoms with E-state index in [2.05, 4.69) is 0 Å². The van der Waals surface area contributed by atoms with Gasteiger partial charge in [-0.05, 0) is 25.8 Å². The Morgan fingerprint density at radius 3 is 2.65 bits per heavy atom. The molecule has 1 aromatic rings. The first-order chi connectivity index (χ1) is 10.7. The van der Waals surface area contributed by atoms with Crippen molar-refractivity contribution in [2.45, 2.75) is 30.7 Å². The van der Waals surface area contributed by atoms with Crippen molar-refractivity contribution in [1.82, 2.24) is 4.31 Å². The smallest absolute Gasteiger partial charge is 0.307 e. The number of benzene rings is 1. The Morgan fingerprint density at radius 2 is 2.09 bits per heavy atom. The van der Waals surface area contributed by atoms with Crippen LogP contribution in [0.3, 0.4) is 0 Å². The highest BCUT2D eigenvalue weighted by Crippen LogP contribution is 2.33. The molecule has 0 aromatic heterocycles. The number of hydrogen-bond acceptors (Lipinski definition) is 5. The number of halogens is 1. The molecule has 2 rings (SSSR count). The second-order valence-electron chi connectivity index (χ2n) is 5.38. The van der Waals surface area contributed by atoms with E-state index < -0.39 is 49.3 Å². The summed E-state index contributed by atoms with van der Waals surface area (Å²) < 4.78 is 40.3. The van der Waals surface area contributed by atoms with Gasteiger partial charge in [-0.2, -0.15) is 4.31 Å². The molecule has 0 saturated carbocycles. The van der Waals surface area contributed by atoms with Gasteiger partial charge in [-0.15, -0.1) is 0 Å². The number of nitro benzene ring substituents is 1. The summed E-state index contributed by atoms with van der Waals surface area (Å²) in [7, 11) is -4.53. The standard InChI is InChI=1S/C13H15FN2O6S/c1-8-5-6-9(13(17)18)7-15(8)23(21,22)12-10(14)3-2-4-11(12)16(19)20/h2-4,8-9H,5-7H2,1H3,(H,17,18). The molecule has 0 amide bonds. The Labute approximate surface area is 131 Å². The lowest BCUT2D eigenvalue weighted by Crippen LogP contribution is -2.47. The first-order valence-corrected chi connectivity index (χ1v) is 8.27. The number of nitrogens with zero attached hydrogens (tertiary/aromatic N) is 2. The Bertz CT molecular complexity index is 751. The molecule has 1 aliphatic rings. The van der Waals surface area contributed by atoms with E-state index in [-0.39, 0.29) is 13.0 Å². The molecule has 0 radical (unpaired) electrons. The van der Waals surface area contributed by atoms with Crippen molar-refractivity contribution in [2.24, 2.45) is 5.92 Å². The number of carboxylic acids is 1. The fraction of sp³-hybridized carbons (Fsp3) is 0.462. The molecule has 126 valence electrons. The lowest BCUT2D eigenvalue weighted by atomic mass is 9.96. The number of rotatable bonds is 4. The molecular weight excluding hydrogens is 331 g/mol. The van der Waals surface area contributed by atoms with E-state index in [4.69, 9.17) is 5.11 Å². The predicted molar refractivity (Wildman–Crippen MR) is 76.8 cm³/mol. The molecule has 8 nitrogen and oxygen atoms in total. The first-order valence-electron chi connectivity index (χ1n) is 6.83. The minimum absolute atomic E-state index is 0.276. The van der Waals surface area contributed by atoms with Gasteiger partial charge in [0.25, 0.3) is 15.7 Å². The molecule has 1 aromatic carbocycles. The van der Waals surface area contributed by atoms with Crippen LogP contribution >= 0.6 is 0 Å². The SMILES string of the molecule is CC1CCC(C(=O)O)CN1S(=O)(=O)c1c(F)cccc1[N+](=O)[O-]. The number of sulfonamides is 1. The zero-order chi connectivity index (χ0) is 17.4. The molecule has 1 fully saturated rings. The van der Waals surface area contributed by atoms with Crippen LogP contribution in [-0.2, 0) is 14.8 Å². The number of nitro groups is 1. The summed E-state index contributed by atoms with van der Waals surface area (Å²) >= 11 is 0. The van der Waals surface area contributed by atoms with E-state index in [9.17, 15) is 27.7 Å². The van der Waals surface area contributed by atoms with Crippen molar-refractivity contribution in [3.8, 4) is 0 Å². The van der Waals surface area contributed by atoms with Gasteiger partial charge in [-0.3, -0.25) is 14.9 Å². The molecule has 1 aliphatic heterocycles. The third-order valence-electron chi connectivity index (χ3n) is 3.88. The van der Waals surface area contributed by atoms with Crippen LogP contribution in [0.5, 0.6) is 0 Å². The zero-order valence-electron chi connectivity index (χ0n) is 12.2. The normalized spacial score (nSPS) is 22.7. The predicted octanol–water partition coefficient (Wildman–Crippen LogP) is 1.61. The van der Waals surface area contributed by atoms with Gasteiger partial charge in [0.2, 0.25) is 0 Å². The van der Waals surface area contributed by atoms with E-state index in [1.165, 1.54) is 0 Å². The highest BCUT2D eigenvalue weighted by atomic mass is 32.2. The third-order valence-corrected chi connectivity index (χ3v) is 5.93. The van der Waals surface area contributed by atoms with Gasteiger partial charge in [0, 0.05) is 18.7 Å². The molecule has 2 unspecified atom stereocenters. The van der Waals surface area contributed by atoms with Crippen LogP contribution in [0.1, 0.15) is 19.8 Å². The minimum atomic E-state index is -4.53. The van der Waals surface area contributed by atoms with Crippen molar-refractivity contribution >= 4 is 21.7 Å². The fourth-order valence-electron chi connectivity index (χ4n) is 2.63. The summed E-state index contributed by atoms with van der Waals surface area (Å²) in [6.07, 6.45) is 0.570. The number of carboxylic acid groups (broad SMARTS) is 1. The molecule has 10 heteroatoms. The average molecular weight is 346 g/mol. The molecule has 1 heterocycles. The van der Waals surface area contributed by atoms with Crippen LogP contribution in [0.4, 0.5) is 10.1 Å². The summed E-state index contributed by atoms with van der Waals surface area (Å²) in [5.74, 6) is -3.31. The summed E-state index contributed by atoms with van der Waals surface area (Å²) in [6, 6.07) is 2.20. The van der Waals surface area contributed by atoms with Crippen molar-refractivity contribution in [1.29, 1.82) is 0 Å². The second kappa shape index (κ2) is 6.20. The van der Waals surface area contributed by atoms with Crippen LogP contribution in [0, 0.1) is 21.8 Å². The molecular formula is C13H15FN2O6S. The van der Waals surface area contributed by atoms with Crippen LogP contribution < -0.4 is 0 Å². The molecule has 0 spiro atoms. The lowest BCUT2D eigenvalue weighted by molar-refractivity contribution is -0.388. The van der Waals surface area contributed by atoms with Gasteiger partial charge in [0.05, 0.1) is 10.8 Å². The highest BCUT2D eigenvalue weighted by molar-refractivity contribution is 7.89. The summed E-state index contributed by atoms with van der Waals surface area (Å²) in [4.78, 5) is 20.1. The fourth-order valence-corrected chi connectivity index (χ4v) is 4.54. The maximum atomic E-state index is 14.0. The van der Waals surface area contributed by atoms with E-state index in [0.717, 1.165) is 22.5 Å². The van der Waals surface area contributed by atoms with E-state index in [0.29, 0.717) is 6.42 Å². The van der Waals surface area contributed by atoms with Crippen molar-refractivity contribution < 1.29 is 27.6 Å². The maximum Gasteiger partial charge on any atom is 0.307 e. The van der Waals surface area contributed by atoms with E-state index in [1.807, 2.05) is 0 Å². The van der Waals surface area contributed by atoms with E-state index in [1.54, 1.807) is 6.92 Å². The maximum absolute atomic E-state index is 14.0. The number of hydrogen-bond donors (Lipinski definition) is 1. The van der Waals surface area contributed by atoms with Gasteiger partial charge >= 0.3 is 5.97 Å². The van der Waals surface area contributed by atoms with Gasteiger partial charge in [0.15, 0.2) is 4.90 Å². The van der Waals surface area contributed by atoms with Crippen molar-refractivity contribution in [3.63, 3.8) is 0 Å². The molecule has 0 aliphatic carbocycles. The largest absolute Gasteiger partial charge is 0.481 e. The Kier molecular flexibility index (Phi) is 4.66. The highest BCUT2D eigenvalue weighted by Gasteiger charge is 2.41. The first kappa shape index (κ1) is 17.3. The Balaban J connectivity index is 2.54. The lowest BCUT2D eigenvalue weighted by Gasteiger charge is -2.35. The van der Waals surface area contributed by atoms with Crippen LogP contribution in [0.2, 0.25) is 0 Å². The van der Waals surface area contributed by atoms with Crippen LogP contribution in [0.25, 0.3) is 0 Å². The zero-order valence-corrected chi connectivity index (χ0v) is 13.0.